The fourth-order valence-electron chi connectivity index (χ4n) is 2.25. The number of carboxylic acid groups (broad SMARTS) is 1. The third-order valence-electron chi connectivity index (χ3n) is 3.69. The number of carbonyl (C=O) groups is 2. The van der Waals surface area contributed by atoms with Crippen LogP contribution in [0, 0.1) is 5.92 Å². The third kappa shape index (κ3) is 6.21. The molecule has 0 radical (unpaired) electrons. The minimum Gasteiger partial charge on any atom is -0.479 e. The van der Waals surface area contributed by atoms with Crippen molar-refractivity contribution < 1.29 is 19.8 Å². The zero-order valence-corrected chi connectivity index (χ0v) is 12.0. The summed E-state index contributed by atoms with van der Waals surface area (Å²) < 4.78 is 0. The van der Waals surface area contributed by atoms with Gasteiger partial charge in [0.2, 0.25) is 0 Å². The summed E-state index contributed by atoms with van der Waals surface area (Å²) in [6.45, 7) is 6.17. The van der Waals surface area contributed by atoms with Gasteiger partial charge in [-0.05, 0) is 38.4 Å². The van der Waals surface area contributed by atoms with Gasteiger partial charge in [-0.15, -0.1) is 0 Å². The number of aliphatic carboxylic acids is 1. The molecule has 0 saturated carbocycles. The van der Waals surface area contributed by atoms with E-state index < -0.39 is 12.1 Å². The quantitative estimate of drug-likeness (QED) is 0.522. The Morgan fingerprint density at radius 2 is 1.95 bits per heavy atom. The lowest BCUT2D eigenvalue weighted by Crippen LogP contribution is -2.42. The van der Waals surface area contributed by atoms with E-state index in [9.17, 15) is 9.59 Å². The predicted molar refractivity (Wildman–Crippen MR) is 74.5 cm³/mol. The van der Waals surface area contributed by atoms with Crippen LogP contribution in [0.15, 0.2) is 0 Å². The van der Waals surface area contributed by atoms with Crippen LogP contribution < -0.4 is 10.6 Å². The number of likely N-dealkylation sites (tertiary alicyclic amines) is 1. The molecule has 0 aromatic rings. The van der Waals surface area contributed by atoms with Gasteiger partial charge in [-0.1, -0.05) is 6.92 Å². The Kier molecular flexibility index (Phi) is 7.32. The second-order valence-corrected chi connectivity index (χ2v) is 5.16. The van der Waals surface area contributed by atoms with Crippen molar-refractivity contribution in [3.05, 3.63) is 0 Å². The SMILES string of the molecule is CCN1CCC(CNC(=O)NCCC(O)C(=O)O)CC1. The van der Waals surface area contributed by atoms with E-state index in [0.717, 1.165) is 32.5 Å². The fraction of sp³-hybridized carbons (Fsp3) is 0.846. The molecule has 0 aromatic carbocycles. The van der Waals surface area contributed by atoms with Crippen molar-refractivity contribution >= 4 is 12.0 Å². The van der Waals surface area contributed by atoms with E-state index in [4.69, 9.17) is 10.2 Å². The Bertz CT molecular complexity index is 317. The van der Waals surface area contributed by atoms with Crippen molar-refractivity contribution in [1.82, 2.24) is 15.5 Å². The Balaban J connectivity index is 2.07. The summed E-state index contributed by atoms with van der Waals surface area (Å²) in [5.74, 6) is -0.761. The smallest absolute Gasteiger partial charge is 0.332 e. The van der Waals surface area contributed by atoms with E-state index in [1.54, 1.807) is 0 Å². The summed E-state index contributed by atoms with van der Waals surface area (Å²) in [6, 6.07) is -0.305. The van der Waals surface area contributed by atoms with E-state index in [0.29, 0.717) is 12.5 Å². The van der Waals surface area contributed by atoms with Crippen LogP contribution in [0.1, 0.15) is 26.2 Å². The zero-order chi connectivity index (χ0) is 15.0. The number of aliphatic hydroxyl groups excluding tert-OH is 1. The topological polar surface area (TPSA) is 102 Å². The summed E-state index contributed by atoms with van der Waals surface area (Å²) in [4.78, 5) is 24.3. The largest absolute Gasteiger partial charge is 0.479 e. The number of nitrogens with one attached hydrogen (secondary N) is 2. The fourth-order valence-corrected chi connectivity index (χ4v) is 2.25. The third-order valence-corrected chi connectivity index (χ3v) is 3.69. The van der Waals surface area contributed by atoms with Crippen LogP contribution in [0.3, 0.4) is 0 Å². The van der Waals surface area contributed by atoms with Crippen molar-refractivity contribution in [1.29, 1.82) is 0 Å². The molecule has 1 fully saturated rings. The van der Waals surface area contributed by atoms with Gasteiger partial charge in [-0.2, -0.15) is 0 Å². The van der Waals surface area contributed by atoms with Gasteiger partial charge in [0.1, 0.15) is 0 Å². The molecule has 1 saturated heterocycles. The average molecular weight is 287 g/mol. The maximum Gasteiger partial charge on any atom is 0.332 e. The molecule has 0 aromatic heterocycles. The lowest BCUT2D eigenvalue weighted by Gasteiger charge is -2.31. The monoisotopic (exact) mass is 287 g/mol. The lowest BCUT2D eigenvalue weighted by molar-refractivity contribution is -0.146. The maximum atomic E-state index is 11.5. The van der Waals surface area contributed by atoms with Crippen molar-refractivity contribution in [2.75, 3.05) is 32.7 Å². The number of carbonyl (C=O) groups excluding carboxylic acids is 1. The van der Waals surface area contributed by atoms with Crippen LogP contribution in [0.25, 0.3) is 0 Å². The molecule has 1 aliphatic rings. The minimum atomic E-state index is -1.42. The molecule has 0 spiro atoms. The van der Waals surface area contributed by atoms with Gasteiger partial charge in [-0.3, -0.25) is 0 Å². The van der Waals surface area contributed by atoms with E-state index >= 15 is 0 Å². The first-order valence-corrected chi connectivity index (χ1v) is 7.17. The van der Waals surface area contributed by atoms with Gasteiger partial charge < -0.3 is 25.7 Å². The summed E-state index contributed by atoms with van der Waals surface area (Å²) in [7, 11) is 0. The molecule has 1 aliphatic heterocycles. The highest BCUT2D eigenvalue weighted by molar-refractivity contribution is 5.74. The normalized spacial score (nSPS) is 18.5. The van der Waals surface area contributed by atoms with E-state index in [-0.39, 0.29) is 19.0 Å². The Morgan fingerprint density at radius 3 is 2.50 bits per heavy atom. The molecule has 4 N–H and O–H groups in total. The summed E-state index contributed by atoms with van der Waals surface area (Å²) >= 11 is 0. The van der Waals surface area contributed by atoms with Crippen molar-refractivity contribution in [3.8, 4) is 0 Å². The first-order valence-electron chi connectivity index (χ1n) is 7.17. The van der Waals surface area contributed by atoms with Gasteiger partial charge in [-0.25, -0.2) is 9.59 Å². The van der Waals surface area contributed by atoms with Gasteiger partial charge in [0, 0.05) is 19.5 Å². The number of nitrogens with zero attached hydrogens (tertiary/aromatic N) is 1. The molecule has 0 aliphatic carbocycles. The van der Waals surface area contributed by atoms with E-state index in [2.05, 4.69) is 22.5 Å². The number of urea groups is 1. The maximum absolute atomic E-state index is 11.5. The predicted octanol–water partition coefficient (Wildman–Crippen LogP) is -0.147. The Morgan fingerprint density at radius 1 is 1.30 bits per heavy atom. The highest BCUT2D eigenvalue weighted by Gasteiger charge is 2.18. The number of hydrogen-bond acceptors (Lipinski definition) is 4. The molecule has 1 atom stereocenters. The molecular weight excluding hydrogens is 262 g/mol. The summed E-state index contributed by atoms with van der Waals surface area (Å²) in [5.41, 5.74) is 0. The molecule has 2 amide bonds. The number of carboxylic acids is 1. The molecular formula is C13H25N3O4. The number of aliphatic hydroxyl groups is 1. The van der Waals surface area contributed by atoms with Crippen molar-refractivity contribution in [2.45, 2.75) is 32.3 Å². The van der Waals surface area contributed by atoms with Gasteiger partial charge >= 0.3 is 12.0 Å². The van der Waals surface area contributed by atoms with Crippen LogP contribution in [0.4, 0.5) is 4.79 Å². The average Bonchev–Trinajstić information content (AvgIpc) is 2.45. The Hall–Kier alpha value is -1.34. The van der Waals surface area contributed by atoms with Crippen LogP contribution >= 0.6 is 0 Å². The second-order valence-electron chi connectivity index (χ2n) is 5.16. The zero-order valence-electron chi connectivity index (χ0n) is 12.0. The summed E-state index contributed by atoms with van der Waals surface area (Å²) in [6.07, 6.45) is 0.767. The standard InChI is InChI=1S/C13H25N3O4/c1-2-16-7-4-10(5-8-16)9-15-13(20)14-6-3-11(17)12(18)19/h10-11,17H,2-9H2,1H3,(H,18,19)(H2,14,15,20). The summed E-state index contributed by atoms with van der Waals surface area (Å²) in [5, 5.41) is 22.9. The van der Waals surface area contributed by atoms with Gasteiger partial charge in [0.05, 0.1) is 0 Å². The highest BCUT2D eigenvalue weighted by atomic mass is 16.4. The number of piperidine rings is 1. The number of amides is 2. The first-order chi connectivity index (χ1) is 9.52. The minimum absolute atomic E-state index is 0.0115. The van der Waals surface area contributed by atoms with Crippen molar-refractivity contribution in [3.63, 3.8) is 0 Å². The molecule has 1 unspecified atom stereocenters. The van der Waals surface area contributed by atoms with Crippen LogP contribution in [0.5, 0.6) is 0 Å². The number of rotatable bonds is 7. The molecule has 116 valence electrons. The van der Waals surface area contributed by atoms with Crippen LogP contribution in [-0.4, -0.2) is 65.9 Å². The molecule has 7 heteroatoms. The van der Waals surface area contributed by atoms with Crippen LogP contribution in [-0.2, 0) is 4.79 Å². The highest BCUT2D eigenvalue weighted by Crippen LogP contribution is 2.15. The van der Waals surface area contributed by atoms with Crippen LogP contribution in [0.2, 0.25) is 0 Å². The molecule has 7 nitrogen and oxygen atoms in total. The molecule has 1 rings (SSSR count). The number of hydrogen-bond donors (Lipinski definition) is 4. The van der Waals surface area contributed by atoms with Gasteiger partial charge in [0.15, 0.2) is 6.10 Å². The second kappa shape index (κ2) is 8.76. The van der Waals surface area contributed by atoms with E-state index in [1.165, 1.54) is 0 Å². The van der Waals surface area contributed by atoms with E-state index in [1.807, 2.05) is 0 Å². The van der Waals surface area contributed by atoms with Gasteiger partial charge in [0.25, 0.3) is 0 Å². The molecule has 1 heterocycles. The lowest BCUT2D eigenvalue weighted by atomic mass is 9.97. The Labute approximate surface area is 119 Å². The van der Waals surface area contributed by atoms with Crippen molar-refractivity contribution in [2.24, 2.45) is 5.92 Å². The first kappa shape index (κ1) is 16.7. The molecule has 0 bridgehead atoms. The molecule has 20 heavy (non-hydrogen) atoms.